The third kappa shape index (κ3) is 5.77. The lowest BCUT2D eigenvalue weighted by molar-refractivity contribution is -0.146. The highest BCUT2D eigenvalue weighted by Crippen LogP contribution is 2.37. The zero-order valence-corrected chi connectivity index (χ0v) is 16.8. The van der Waals surface area contributed by atoms with E-state index in [1.807, 2.05) is 30.3 Å². The molecule has 0 aliphatic carbocycles. The molecule has 152 valence electrons. The number of esters is 2. The van der Waals surface area contributed by atoms with E-state index in [-0.39, 0.29) is 23.7 Å². The number of hydrogen-bond donors (Lipinski definition) is 1. The summed E-state index contributed by atoms with van der Waals surface area (Å²) < 4.78 is 15.7. The first-order chi connectivity index (χ1) is 14.1. The quantitative estimate of drug-likeness (QED) is 0.644. The zero-order chi connectivity index (χ0) is 20.6. The van der Waals surface area contributed by atoms with Gasteiger partial charge in [-0.2, -0.15) is 0 Å². The van der Waals surface area contributed by atoms with Gasteiger partial charge in [-0.05, 0) is 30.2 Å². The summed E-state index contributed by atoms with van der Waals surface area (Å²) >= 11 is 1.27. The molecule has 0 radical (unpaired) electrons. The van der Waals surface area contributed by atoms with Crippen LogP contribution in [0.1, 0.15) is 30.6 Å². The number of aliphatic hydroxyl groups excluding tert-OH is 1. The molecule has 0 saturated carbocycles. The fourth-order valence-corrected chi connectivity index (χ4v) is 3.71. The molecule has 2 aromatic carbocycles. The number of benzene rings is 2. The number of ether oxygens (including phenoxy) is 3. The number of carbonyl (C=O) groups excluding carboxylic acids is 2. The lowest BCUT2D eigenvalue weighted by Gasteiger charge is -2.24. The largest absolute Gasteiger partial charge is 0.511 e. The summed E-state index contributed by atoms with van der Waals surface area (Å²) in [6.45, 7) is 1.86. The summed E-state index contributed by atoms with van der Waals surface area (Å²) in [4.78, 5) is 24.0. The summed E-state index contributed by atoms with van der Waals surface area (Å²) in [7, 11) is 0. The van der Waals surface area contributed by atoms with Crippen LogP contribution in [0.15, 0.2) is 65.3 Å². The predicted molar refractivity (Wildman–Crippen MR) is 109 cm³/mol. The number of hydrogen-bond acceptors (Lipinski definition) is 7. The number of aliphatic hydroxyl groups is 1. The third-order valence-electron chi connectivity index (χ3n) is 4.22. The minimum Gasteiger partial charge on any atom is -0.511 e. The molecule has 7 heteroatoms. The van der Waals surface area contributed by atoms with Gasteiger partial charge in [-0.25, -0.2) is 9.59 Å². The molecule has 1 aliphatic heterocycles. The number of cyclic esters (lactones) is 1. The molecular weight excluding hydrogens is 392 g/mol. The molecule has 2 aromatic rings. The van der Waals surface area contributed by atoms with Crippen LogP contribution in [0.5, 0.6) is 5.75 Å². The first kappa shape index (κ1) is 20.8. The zero-order valence-electron chi connectivity index (χ0n) is 16.0. The maximum atomic E-state index is 12.4. The number of carbonyl (C=O) groups is 2. The Morgan fingerprint density at radius 1 is 1.17 bits per heavy atom. The molecule has 1 unspecified atom stereocenters. The van der Waals surface area contributed by atoms with Gasteiger partial charge in [0.15, 0.2) is 6.61 Å². The Morgan fingerprint density at radius 2 is 1.90 bits per heavy atom. The average molecular weight is 414 g/mol. The molecule has 6 nitrogen and oxygen atoms in total. The van der Waals surface area contributed by atoms with Crippen molar-refractivity contribution in [1.82, 2.24) is 0 Å². The second-order valence-corrected chi connectivity index (χ2v) is 7.30. The predicted octanol–water partition coefficient (Wildman–Crippen LogP) is 4.32. The summed E-state index contributed by atoms with van der Waals surface area (Å²) in [6, 6.07) is 16.6. The van der Waals surface area contributed by atoms with Gasteiger partial charge in [0.1, 0.15) is 22.5 Å². The van der Waals surface area contributed by atoms with Gasteiger partial charge >= 0.3 is 11.9 Å². The second-order valence-electron chi connectivity index (χ2n) is 6.31. The monoisotopic (exact) mass is 414 g/mol. The molecule has 1 aliphatic rings. The molecule has 0 amide bonds. The van der Waals surface area contributed by atoms with Crippen LogP contribution in [-0.4, -0.2) is 30.3 Å². The van der Waals surface area contributed by atoms with E-state index in [1.165, 1.54) is 11.8 Å². The van der Waals surface area contributed by atoms with Crippen LogP contribution in [0, 0.1) is 0 Å². The van der Waals surface area contributed by atoms with E-state index in [0.717, 1.165) is 11.1 Å². The normalized spacial score (nSPS) is 16.3. The van der Waals surface area contributed by atoms with Crippen molar-refractivity contribution in [2.75, 3.05) is 13.2 Å². The van der Waals surface area contributed by atoms with Crippen molar-refractivity contribution >= 4 is 23.7 Å². The van der Waals surface area contributed by atoms with Crippen molar-refractivity contribution in [2.45, 2.75) is 25.2 Å². The van der Waals surface area contributed by atoms with Crippen molar-refractivity contribution in [3.8, 4) is 5.75 Å². The van der Waals surface area contributed by atoms with Gasteiger partial charge in [0, 0.05) is 12.2 Å². The Labute approximate surface area is 173 Å². The lowest BCUT2D eigenvalue weighted by atomic mass is 10.0. The van der Waals surface area contributed by atoms with Crippen molar-refractivity contribution in [3.05, 3.63) is 76.4 Å². The van der Waals surface area contributed by atoms with Crippen LogP contribution in [0.2, 0.25) is 0 Å². The van der Waals surface area contributed by atoms with E-state index in [1.54, 1.807) is 31.2 Å². The SMILES string of the molecule is CCOC(=O)COc1ccc(C2CC(O)=C(SCc3ccccc3)C(=O)O2)cc1. The first-order valence-corrected chi connectivity index (χ1v) is 10.2. The number of rotatable bonds is 8. The van der Waals surface area contributed by atoms with Crippen molar-refractivity contribution in [1.29, 1.82) is 0 Å². The summed E-state index contributed by atoms with van der Waals surface area (Å²) in [5.74, 6) is 0.153. The summed E-state index contributed by atoms with van der Waals surface area (Å²) in [5.41, 5.74) is 1.80. The van der Waals surface area contributed by atoms with Gasteiger partial charge in [0.25, 0.3) is 0 Å². The summed E-state index contributed by atoms with van der Waals surface area (Å²) in [5, 5.41) is 10.4. The highest BCUT2D eigenvalue weighted by Gasteiger charge is 2.30. The Hall–Kier alpha value is -2.93. The third-order valence-corrected chi connectivity index (χ3v) is 5.38. The van der Waals surface area contributed by atoms with Gasteiger partial charge in [-0.3, -0.25) is 0 Å². The number of thioether (sulfide) groups is 1. The van der Waals surface area contributed by atoms with E-state index < -0.39 is 18.0 Å². The molecule has 1 atom stereocenters. The van der Waals surface area contributed by atoms with Gasteiger partial charge in [-0.15, -0.1) is 11.8 Å². The molecule has 0 fully saturated rings. The van der Waals surface area contributed by atoms with Crippen LogP contribution >= 0.6 is 11.8 Å². The Kier molecular flexibility index (Phi) is 7.19. The summed E-state index contributed by atoms with van der Waals surface area (Å²) in [6.07, 6.45) is -0.353. The minimum atomic E-state index is -0.567. The van der Waals surface area contributed by atoms with Crippen molar-refractivity contribution in [2.24, 2.45) is 0 Å². The van der Waals surface area contributed by atoms with E-state index in [9.17, 15) is 14.7 Å². The van der Waals surface area contributed by atoms with Crippen LogP contribution in [0.3, 0.4) is 0 Å². The molecule has 0 spiro atoms. The van der Waals surface area contributed by atoms with Crippen LogP contribution < -0.4 is 4.74 Å². The van der Waals surface area contributed by atoms with Gasteiger partial charge in [0.2, 0.25) is 0 Å². The highest BCUT2D eigenvalue weighted by atomic mass is 32.2. The Morgan fingerprint density at radius 3 is 2.55 bits per heavy atom. The maximum absolute atomic E-state index is 12.4. The second kappa shape index (κ2) is 10.0. The Bertz CT molecular complexity index is 876. The average Bonchev–Trinajstić information content (AvgIpc) is 2.73. The van der Waals surface area contributed by atoms with E-state index in [4.69, 9.17) is 14.2 Å². The molecule has 3 rings (SSSR count). The van der Waals surface area contributed by atoms with E-state index >= 15 is 0 Å². The van der Waals surface area contributed by atoms with Crippen LogP contribution in [0.4, 0.5) is 0 Å². The Balaban J connectivity index is 1.59. The highest BCUT2D eigenvalue weighted by molar-refractivity contribution is 8.03. The maximum Gasteiger partial charge on any atom is 0.348 e. The molecule has 0 saturated heterocycles. The van der Waals surface area contributed by atoms with Gasteiger partial charge < -0.3 is 19.3 Å². The molecular formula is C22H22O6S. The molecule has 0 bridgehead atoms. The molecule has 0 aromatic heterocycles. The van der Waals surface area contributed by atoms with Crippen molar-refractivity contribution < 1.29 is 28.9 Å². The molecule has 1 heterocycles. The minimum absolute atomic E-state index is 0.0369. The van der Waals surface area contributed by atoms with Gasteiger partial charge in [-0.1, -0.05) is 42.5 Å². The van der Waals surface area contributed by atoms with Crippen molar-refractivity contribution in [3.63, 3.8) is 0 Å². The molecule has 1 N–H and O–H groups in total. The van der Waals surface area contributed by atoms with E-state index in [2.05, 4.69) is 0 Å². The molecule has 29 heavy (non-hydrogen) atoms. The fourth-order valence-electron chi connectivity index (χ4n) is 2.79. The van der Waals surface area contributed by atoms with Gasteiger partial charge in [0.05, 0.1) is 6.61 Å². The first-order valence-electron chi connectivity index (χ1n) is 9.25. The van der Waals surface area contributed by atoms with Crippen LogP contribution in [0.25, 0.3) is 0 Å². The topological polar surface area (TPSA) is 82.1 Å². The lowest BCUT2D eigenvalue weighted by Crippen LogP contribution is -2.20. The van der Waals surface area contributed by atoms with E-state index in [0.29, 0.717) is 18.1 Å². The fraction of sp³-hybridized carbons (Fsp3) is 0.273. The van der Waals surface area contributed by atoms with Crippen LogP contribution in [-0.2, 0) is 24.8 Å². The standard InChI is InChI=1S/C22H22O6S/c1-2-26-20(24)13-27-17-10-8-16(9-11-17)19-12-18(23)21(22(25)28-19)29-14-15-6-4-3-5-7-15/h3-11,19,23H,2,12-14H2,1H3. The smallest absolute Gasteiger partial charge is 0.348 e.